The van der Waals surface area contributed by atoms with Gasteiger partial charge in [0.05, 0.1) is 25.4 Å². The van der Waals surface area contributed by atoms with Gasteiger partial charge in [0.1, 0.15) is 0 Å². The Morgan fingerprint density at radius 1 is 1.12 bits per heavy atom. The molecule has 2 aliphatic carbocycles. The zero-order chi connectivity index (χ0) is 22.9. The van der Waals surface area contributed by atoms with Crippen molar-refractivity contribution in [3.8, 4) is 0 Å². The summed E-state index contributed by atoms with van der Waals surface area (Å²) in [6.45, 7) is 0. The van der Waals surface area contributed by atoms with Crippen molar-refractivity contribution >= 4 is 5.97 Å². The lowest BCUT2D eigenvalue weighted by Gasteiger charge is -2.21. The van der Waals surface area contributed by atoms with Crippen LogP contribution in [0.1, 0.15) is 62.8 Å². The minimum absolute atomic E-state index is 0.0639. The number of benzene rings is 1. The lowest BCUT2D eigenvalue weighted by molar-refractivity contribution is -0.140. The number of aliphatic hydroxyl groups excluding tert-OH is 3. The normalized spacial score (nSPS) is 31.5. The minimum atomic E-state index is -0.591. The maximum Gasteiger partial charge on any atom is 0.305 e. The number of carbonyl (C=O) groups excluding carboxylic acids is 1. The van der Waals surface area contributed by atoms with Gasteiger partial charge in [-0.2, -0.15) is 0 Å². The quantitative estimate of drug-likeness (QED) is 0.288. The molecule has 5 nitrogen and oxygen atoms in total. The second-order valence-electron chi connectivity index (χ2n) is 9.34. The van der Waals surface area contributed by atoms with Gasteiger partial charge in [-0.3, -0.25) is 4.79 Å². The average Bonchev–Trinajstić information content (AvgIpc) is 3.39. The Labute approximate surface area is 191 Å². The number of unbranched alkanes of at least 4 members (excludes halogenated alkanes) is 1. The third-order valence-corrected chi connectivity index (χ3v) is 7.23. The van der Waals surface area contributed by atoms with Crippen molar-refractivity contribution in [1.82, 2.24) is 0 Å². The van der Waals surface area contributed by atoms with Gasteiger partial charge < -0.3 is 20.1 Å². The molecule has 5 heteroatoms. The molecule has 32 heavy (non-hydrogen) atoms. The summed E-state index contributed by atoms with van der Waals surface area (Å²) in [4.78, 5) is 11.2. The Morgan fingerprint density at radius 2 is 1.91 bits per heavy atom. The van der Waals surface area contributed by atoms with Crippen LogP contribution in [0.2, 0.25) is 0 Å². The predicted molar refractivity (Wildman–Crippen MR) is 125 cm³/mol. The fourth-order valence-electron chi connectivity index (χ4n) is 5.30. The summed E-state index contributed by atoms with van der Waals surface area (Å²) in [6.07, 6.45) is 12.2. The number of carbonyl (C=O) groups is 1. The van der Waals surface area contributed by atoms with E-state index in [2.05, 4.69) is 29.0 Å². The predicted octanol–water partition coefficient (Wildman–Crippen LogP) is 4.13. The summed E-state index contributed by atoms with van der Waals surface area (Å²) in [5.74, 6) is 0.304. The zero-order valence-electron chi connectivity index (χ0n) is 19.1. The highest BCUT2D eigenvalue weighted by molar-refractivity contribution is 5.69. The van der Waals surface area contributed by atoms with Gasteiger partial charge in [0.25, 0.3) is 0 Å². The van der Waals surface area contributed by atoms with Crippen LogP contribution in [0.4, 0.5) is 0 Å². The Hall–Kier alpha value is -1.95. The van der Waals surface area contributed by atoms with Gasteiger partial charge >= 0.3 is 5.97 Å². The largest absolute Gasteiger partial charge is 0.469 e. The van der Waals surface area contributed by atoms with E-state index in [1.807, 2.05) is 30.4 Å². The minimum Gasteiger partial charge on any atom is -0.469 e. The van der Waals surface area contributed by atoms with Crippen molar-refractivity contribution in [2.24, 2.45) is 17.8 Å². The lowest BCUT2D eigenvalue weighted by atomic mass is 9.88. The third-order valence-electron chi connectivity index (χ3n) is 7.23. The Morgan fingerprint density at radius 3 is 2.66 bits per heavy atom. The highest BCUT2D eigenvalue weighted by atomic mass is 16.5. The van der Waals surface area contributed by atoms with E-state index in [4.69, 9.17) is 0 Å². The molecule has 176 valence electrons. The van der Waals surface area contributed by atoms with Crippen molar-refractivity contribution in [1.29, 1.82) is 0 Å². The monoisotopic (exact) mass is 442 g/mol. The fraction of sp³-hybridized carbons (Fsp3) is 0.593. The summed E-state index contributed by atoms with van der Waals surface area (Å²) in [6, 6.07) is 10.5. The molecule has 3 rings (SSSR count). The fourth-order valence-corrected chi connectivity index (χ4v) is 5.30. The highest BCUT2D eigenvalue weighted by Crippen LogP contribution is 2.41. The third kappa shape index (κ3) is 6.77. The highest BCUT2D eigenvalue weighted by Gasteiger charge is 2.39. The summed E-state index contributed by atoms with van der Waals surface area (Å²) in [5.41, 5.74) is 1.35. The van der Waals surface area contributed by atoms with Gasteiger partial charge in [-0.05, 0) is 61.8 Å². The van der Waals surface area contributed by atoms with E-state index in [1.165, 1.54) is 12.7 Å². The van der Waals surface area contributed by atoms with Crippen molar-refractivity contribution in [3.05, 3.63) is 60.2 Å². The molecular weight excluding hydrogens is 404 g/mol. The first kappa shape index (κ1) is 24.7. The second-order valence-corrected chi connectivity index (χ2v) is 9.34. The van der Waals surface area contributed by atoms with Crippen molar-refractivity contribution < 1.29 is 24.9 Å². The molecule has 7 atom stereocenters. The van der Waals surface area contributed by atoms with Gasteiger partial charge in [-0.15, -0.1) is 0 Å². The summed E-state index contributed by atoms with van der Waals surface area (Å²) < 4.78 is 4.64. The van der Waals surface area contributed by atoms with Crippen LogP contribution in [0.25, 0.3) is 0 Å². The smallest absolute Gasteiger partial charge is 0.305 e. The number of hydrogen-bond acceptors (Lipinski definition) is 5. The van der Waals surface area contributed by atoms with Crippen molar-refractivity contribution in [2.45, 2.75) is 75.6 Å². The maximum atomic E-state index is 11.2. The first-order chi connectivity index (χ1) is 15.5. The molecule has 2 saturated carbocycles. The Balaban J connectivity index is 1.49. The second kappa shape index (κ2) is 12.3. The van der Waals surface area contributed by atoms with Crippen LogP contribution in [0, 0.1) is 17.8 Å². The molecule has 0 spiro atoms. The molecule has 2 unspecified atom stereocenters. The van der Waals surface area contributed by atoms with Gasteiger partial charge in [0.15, 0.2) is 0 Å². The number of hydrogen-bond donors (Lipinski definition) is 3. The molecule has 3 N–H and O–H groups in total. The number of esters is 1. The van der Waals surface area contributed by atoms with Gasteiger partial charge in [-0.25, -0.2) is 0 Å². The van der Waals surface area contributed by atoms with E-state index in [9.17, 15) is 20.1 Å². The van der Waals surface area contributed by atoms with E-state index >= 15 is 0 Å². The molecule has 0 aromatic heterocycles. The first-order valence-electron chi connectivity index (χ1n) is 12.0. The SMILES string of the molecule is COC(=O)CCC/C=C\C[C@@H]1[C@@H](/C=C/[C@@H](O)C2CCC(c3ccccc3)C2)[C@H](O)C[C@@H]1O. The number of ether oxygens (including phenoxy) is 1. The lowest BCUT2D eigenvalue weighted by Crippen LogP contribution is -2.21. The van der Waals surface area contributed by atoms with Gasteiger partial charge in [-0.1, -0.05) is 54.6 Å². The zero-order valence-corrected chi connectivity index (χ0v) is 19.1. The molecule has 0 heterocycles. The molecule has 2 aliphatic rings. The first-order valence-corrected chi connectivity index (χ1v) is 12.0. The van der Waals surface area contributed by atoms with Crippen LogP contribution in [-0.4, -0.2) is 46.7 Å². The van der Waals surface area contributed by atoms with Crippen LogP contribution >= 0.6 is 0 Å². The number of aliphatic hydroxyl groups is 3. The van der Waals surface area contributed by atoms with Gasteiger partial charge in [0, 0.05) is 18.8 Å². The maximum absolute atomic E-state index is 11.2. The van der Waals surface area contributed by atoms with E-state index < -0.39 is 18.3 Å². The molecular formula is C27H38O5. The van der Waals surface area contributed by atoms with Crippen molar-refractivity contribution in [3.63, 3.8) is 0 Å². The standard InChI is InChI=1S/C27H38O5/c1-32-27(31)12-8-3-2-7-11-22-23(26(30)18-25(22)29)15-16-24(28)21-14-13-20(17-21)19-9-5-4-6-10-19/h2,4-7,9-10,15-16,20-26,28-30H,3,8,11-14,17-18H2,1H3/b7-2-,16-15+/t20?,21?,22-,23-,24-,25+,26-/m1/s1. The Bertz CT molecular complexity index is 759. The molecule has 0 saturated heterocycles. The van der Waals surface area contributed by atoms with E-state index in [1.54, 1.807) is 0 Å². The van der Waals surface area contributed by atoms with E-state index in [-0.39, 0.29) is 23.7 Å². The van der Waals surface area contributed by atoms with Crippen LogP contribution in [0.15, 0.2) is 54.6 Å². The average molecular weight is 443 g/mol. The van der Waals surface area contributed by atoms with Crippen molar-refractivity contribution in [2.75, 3.05) is 7.11 Å². The molecule has 1 aromatic carbocycles. The molecule has 1 aromatic rings. The molecule has 0 radical (unpaired) electrons. The summed E-state index contributed by atoms with van der Waals surface area (Å²) >= 11 is 0. The van der Waals surface area contributed by atoms with Crippen LogP contribution in [0.3, 0.4) is 0 Å². The van der Waals surface area contributed by atoms with Crippen LogP contribution in [0.5, 0.6) is 0 Å². The molecule has 2 fully saturated rings. The molecule has 0 bridgehead atoms. The Kier molecular flexibility index (Phi) is 9.51. The topological polar surface area (TPSA) is 87.0 Å². The van der Waals surface area contributed by atoms with Crippen LogP contribution < -0.4 is 0 Å². The molecule has 0 amide bonds. The number of allylic oxidation sites excluding steroid dienone is 2. The van der Waals surface area contributed by atoms with Crippen LogP contribution in [-0.2, 0) is 9.53 Å². The van der Waals surface area contributed by atoms with E-state index in [0.29, 0.717) is 25.2 Å². The number of rotatable bonds is 10. The summed E-state index contributed by atoms with van der Waals surface area (Å²) in [5, 5.41) is 31.7. The molecule has 0 aliphatic heterocycles. The van der Waals surface area contributed by atoms with Gasteiger partial charge in [0.2, 0.25) is 0 Å². The van der Waals surface area contributed by atoms with E-state index in [0.717, 1.165) is 32.1 Å². The summed E-state index contributed by atoms with van der Waals surface area (Å²) in [7, 11) is 1.39. The number of methoxy groups -OCH3 is 1.